The van der Waals surface area contributed by atoms with E-state index in [0.29, 0.717) is 11.6 Å². The van der Waals surface area contributed by atoms with Crippen LogP contribution in [0.1, 0.15) is 31.2 Å². The van der Waals surface area contributed by atoms with E-state index in [2.05, 4.69) is 15.9 Å². The van der Waals surface area contributed by atoms with Crippen LogP contribution < -0.4 is 9.80 Å². The molecule has 2 aliphatic heterocycles. The SMILES string of the molecule is N#Cc1cc(N2CCC3CC3C2)cc(N2CCC3CC3C2)c1[N+](=O)[O-]. The van der Waals surface area contributed by atoms with Crippen LogP contribution >= 0.6 is 0 Å². The number of piperidine rings is 2. The molecule has 0 amide bonds. The average Bonchev–Trinajstić information content (AvgIpc) is 3.52. The number of nitrogens with zero attached hydrogens (tertiary/aromatic N) is 4. The first-order valence-electron chi connectivity index (χ1n) is 9.36. The summed E-state index contributed by atoms with van der Waals surface area (Å²) in [5.74, 6) is 3.17. The van der Waals surface area contributed by atoms with E-state index in [1.807, 2.05) is 6.07 Å². The standard InChI is InChI=1S/C19H22N4O2/c20-9-14-7-17(21-3-1-12-5-15(12)10-21)8-18(19(14)23(24)25)22-4-2-13-6-16(13)11-22/h7-8,12-13,15-16H,1-6,10-11H2. The number of rotatable bonds is 3. The van der Waals surface area contributed by atoms with Gasteiger partial charge < -0.3 is 9.80 Å². The van der Waals surface area contributed by atoms with Gasteiger partial charge in [0.2, 0.25) is 0 Å². The second-order valence-electron chi connectivity index (χ2n) is 8.21. The first kappa shape index (κ1) is 15.0. The molecular weight excluding hydrogens is 316 g/mol. The Labute approximate surface area is 147 Å². The van der Waals surface area contributed by atoms with Gasteiger partial charge in [0.05, 0.1) is 4.92 Å². The number of nitriles is 1. The first-order chi connectivity index (χ1) is 12.1. The van der Waals surface area contributed by atoms with Crippen LogP contribution in [0.5, 0.6) is 0 Å². The van der Waals surface area contributed by atoms with Gasteiger partial charge in [0.15, 0.2) is 0 Å². The van der Waals surface area contributed by atoms with Crippen molar-refractivity contribution < 1.29 is 4.92 Å². The van der Waals surface area contributed by atoms with E-state index in [9.17, 15) is 15.4 Å². The van der Waals surface area contributed by atoms with Gasteiger partial charge in [-0.05, 0) is 61.5 Å². The molecule has 0 bridgehead atoms. The van der Waals surface area contributed by atoms with Gasteiger partial charge in [0.25, 0.3) is 0 Å². The summed E-state index contributed by atoms with van der Waals surface area (Å²) in [5, 5.41) is 21.2. The molecule has 4 fully saturated rings. The summed E-state index contributed by atoms with van der Waals surface area (Å²) in [5.41, 5.74) is 1.84. The molecule has 4 aliphatic rings. The summed E-state index contributed by atoms with van der Waals surface area (Å²) in [6.07, 6.45) is 4.88. The molecule has 5 rings (SSSR count). The fourth-order valence-corrected chi connectivity index (χ4v) is 4.93. The Morgan fingerprint density at radius 3 is 2.28 bits per heavy atom. The normalized spacial score (nSPS) is 32.4. The number of nitro benzene ring substituents is 1. The van der Waals surface area contributed by atoms with Crippen molar-refractivity contribution >= 4 is 17.1 Å². The summed E-state index contributed by atoms with van der Waals surface area (Å²) < 4.78 is 0. The molecule has 6 nitrogen and oxygen atoms in total. The molecule has 4 unspecified atom stereocenters. The van der Waals surface area contributed by atoms with Crippen LogP contribution in [-0.2, 0) is 0 Å². The molecule has 0 spiro atoms. The van der Waals surface area contributed by atoms with Gasteiger partial charge in [-0.1, -0.05) is 0 Å². The highest BCUT2D eigenvalue weighted by molar-refractivity contribution is 5.76. The third-order valence-electron chi connectivity index (χ3n) is 6.67. The second kappa shape index (κ2) is 5.35. The predicted octanol–water partition coefficient (Wildman–Crippen LogP) is 3.16. The van der Waals surface area contributed by atoms with Crippen molar-refractivity contribution in [2.45, 2.75) is 25.7 Å². The molecule has 6 heteroatoms. The molecule has 0 aromatic heterocycles. The maximum Gasteiger partial charge on any atom is 0.310 e. The third-order valence-corrected chi connectivity index (χ3v) is 6.67. The van der Waals surface area contributed by atoms with E-state index in [-0.39, 0.29) is 16.2 Å². The van der Waals surface area contributed by atoms with Crippen LogP contribution in [0.15, 0.2) is 12.1 Å². The van der Waals surface area contributed by atoms with Crippen molar-refractivity contribution in [3.05, 3.63) is 27.8 Å². The lowest BCUT2D eigenvalue weighted by Gasteiger charge is -2.32. The van der Waals surface area contributed by atoms with Crippen molar-refractivity contribution in [1.82, 2.24) is 0 Å². The molecule has 2 aliphatic carbocycles. The zero-order valence-corrected chi connectivity index (χ0v) is 14.2. The highest BCUT2D eigenvalue weighted by atomic mass is 16.6. The van der Waals surface area contributed by atoms with E-state index in [0.717, 1.165) is 56.0 Å². The van der Waals surface area contributed by atoms with Crippen molar-refractivity contribution in [3.63, 3.8) is 0 Å². The molecule has 1 aromatic rings. The molecule has 0 N–H and O–H groups in total. The van der Waals surface area contributed by atoms with Crippen molar-refractivity contribution in [1.29, 1.82) is 5.26 Å². The maximum atomic E-state index is 11.7. The Bertz CT molecular complexity index is 786. The molecular formula is C19H22N4O2. The Morgan fingerprint density at radius 1 is 1.04 bits per heavy atom. The van der Waals surface area contributed by atoms with Crippen molar-refractivity contribution in [2.75, 3.05) is 36.0 Å². The second-order valence-corrected chi connectivity index (χ2v) is 8.21. The quantitative estimate of drug-likeness (QED) is 0.625. The third kappa shape index (κ3) is 2.53. The van der Waals surface area contributed by atoms with Gasteiger partial charge >= 0.3 is 5.69 Å². The molecule has 2 heterocycles. The van der Waals surface area contributed by atoms with E-state index >= 15 is 0 Å². The molecule has 25 heavy (non-hydrogen) atoms. The van der Waals surface area contributed by atoms with Gasteiger partial charge in [-0.3, -0.25) is 10.1 Å². The van der Waals surface area contributed by atoms with E-state index in [4.69, 9.17) is 0 Å². The van der Waals surface area contributed by atoms with Crippen LogP contribution in [0, 0.1) is 45.1 Å². The molecule has 1 aromatic carbocycles. The maximum absolute atomic E-state index is 11.7. The highest BCUT2D eigenvalue weighted by Gasteiger charge is 2.44. The number of benzene rings is 1. The number of hydrogen-bond acceptors (Lipinski definition) is 5. The van der Waals surface area contributed by atoms with Gasteiger partial charge in [0.1, 0.15) is 17.3 Å². The summed E-state index contributed by atoms with van der Waals surface area (Å²) >= 11 is 0. The minimum Gasteiger partial charge on any atom is -0.371 e. The zero-order valence-electron chi connectivity index (χ0n) is 14.2. The first-order valence-corrected chi connectivity index (χ1v) is 9.36. The Hall–Kier alpha value is -2.29. The zero-order chi connectivity index (χ0) is 17.1. The highest BCUT2D eigenvalue weighted by Crippen LogP contribution is 2.49. The number of hydrogen-bond donors (Lipinski definition) is 0. The molecule has 130 valence electrons. The number of fused-ring (bicyclic) bond motifs is 2. The Balaban J connectivity index is 1.54. The molecule has 2 saturated heterocycles. The fourth-order valence-electron chi connectivity index (χ4n) is 4.93. The summed E-state index contributed by atoms with van der Waals surface area (Å²) in [7, 11) is 0. The van der Waals surface area contributed by atoms with Gasteiger partial charge in [-0.2, -0.15) is 5.26 Å². The minimum atomic E-state index is -0.371. The van der Waals surface area contributed by atoms with Gasteiger partial charge in [0, 0.05) is 31.9 Å². The largest absolute Gasteiger partial charge is 0.371 e. The summed E-state index contributed by atoms with van der Waals surface area (Å²) in [6.45, 7) is 3.77. The smallest absolute Gasteiger partial charge is 0.310 e. The lowest BCUT2D eigenvalue weighted by atomic mass is 10.0. The van der Waals surface area contributed by atoms with Crippen LogP contribution in [0.25, 0.3) is 0 Å². The number of nitro groups is 1. The van der Waals surface area contributed by atoms with Crippen LogP contribution in [0.2, 0.25) is 0 Å². The fraction of sp³-hybridized carbons (Fsp3) is 0.632. The van der Waals surface area contributed by atoms with Crippen LogP contribution in [0.3, 0.4) is 0 Å². The summed E-state index contributed by atoms with van der Waals surface area (Å²) in [4.78, 5) is 15.8. The minimum absolute atomic E-state index is 0.00772. The topological polar surface area (TPSA) is 73.4 Å². The lowest BCUT2D eigenvalue weighted by molar-refractivity contribution is -0.384. The Kier molecular flexibility index (Phi) is 3.21. The predicted molar refractivity (Wildman–Crippen MR) is 94.7 cm³/mol. The van der Waals surface area contributed by atoms with Crippen LogP contribution in [0.4, 0.5) is 17.1 Å². The van der Waals surface area contributed by atoms with Crippen LogP contribution in [-0.4, -0.2) is 31.1 Å². The van der Waals surface area contributed by atoms with Gasteiger partial charge in [-0.25, -0.2) is 0 Å². The number of anilines is 2. The van der Waals surface area contributed by atoms with E-state index in [1.54, 1.807) is 6.07 Å². The van der Waals surface area contributed by atoms with Crippen molar-refractivity contribution in [2.24, 2.45) is 23.7 Å². The monoisotopic (exact) mass is 338 g/mol. The molecule has 4 atom stereocenters. The Morgan fingerprint density at radius 2 is 1.68 bits per heavy atom. The van der Waals surface area contributed by atoms with E-state index in [1.165, 1.54) is 19.3 Å². The van der Waals surface area contributed by atoms with Gasteiger partial charge in [-0.15, -0.1) is 0 Å². The summed E-state index contributed by atoms with van der Waals surface area (Å²) in [6, 6.07) is 5.79. The average molecular weight is 338 g/mol. The molecule has 2 saturated carbocycles. The van der Waals surface area contributed by atoms with Crippen molar-refractivity contribution in [3.8, 4) is 6.07 Å². The van der Waals surface area contributed by atoms with E-state index < -0.39 is 0 Å². The molecule has 0 radical (unpaired) electrons. The lowest BCUT2D eigenvalue weighted by Crippen LogP contribution is -2.33.